The second kappa shape index (κ2) is 6.62. The van der Waals surface area contributed by atoms with Crippen LogP contribution >= 0.6 is 22.7 Å². The Hall–Kier alpha value is -1.73. The number of nitrogens with one attached hydrogen (secondary N) is 1. The summed E-state index contributed by atoms with van der Waals surface area (Å²) in [6.07, 6.45) is 0.463. The molecule has 0 spiro atoms. The Morgan fingerprint density at radius 1 is 1.45 bits per heavy atom. The molecule has 106 valence electrons. The molecule has 0 aliphatic heterocycles. The Bertz CT molecular complexity index is 593. The Kier molecular flexibility index (Phi) is 4.86. The maximum atomic E-state index is 11.8. The number of rotatable bonds is 6. The number of nitrogens with zero attached hydrogens (tertiary/aromatic N) is 1. The van der Waals surface area contributed by atoms with Crippen LogP contribution in [0.2, 0.25) is 0 Å². The van der Waals surface area contributed by atoms with Gasteiger partial charge in [0.25, 0.3) is 0 Å². The van der Waals surface area contributed by atoms with E-state index in [1.54, 1.807) is 18.3 Å². The van der Waals surface area contributed by atoms with Crippen LogP contribution in [0.25, 0.3) is 9.88 Å². The third-order valence-electron chi connectivity index (χ3n) is 2.67. The molecule has 5 nitrogen and oxygen atoms in total. The van der Waals surface area contributed by atoms with Crippen molar-refractivity contribution in [2.45, 2.75) is 25.8 Å². The molecule has 1 atom stereocenters. The van der Waals surface area contributed by atoms with Crippen molar-refractivity contribution in [3.8, 4) is 9.88 Å². The summed E-state index contributed by atoms with van der Waals surface area (Å²) in [5.41, 5.74) is 0.663. The summed E-state index contributed by atoms with van der Waals surface area (Å²) >= 11 is 3.08. The van der Waals surface area contributed by atoms with Crippen molar-refractivity contribution in [2.75, 3.05) is 0 Å². The molecular formula is C13H14N2O3S2. The van der Waals surface area contributed by atoms with Crippen molar-refractivity contribution in [3.63, 3.8) is 0 Å². The fourth-order valence-electron chi connectivity index (χ4n) is 1.65. The number of hydrogen-bond acceptors (Lipinski definition) is 5. The van der Waals surface area contributed by atoms with Gasteiger partial charge >= 0.3 is 5.97 Å². The monoisotopic (exact) mass is 310 g/mol. The maximum absolute atomic E-state index is 11.8. The fraction of sp³-hybridized carbons (Fsp3) is 0.308. The number of carbonyl (C=O) groups excluding carboxylic acids is 1. The normalized spacial score (nSPS) is 12.1. The molecule has 2 heterocycles. The van der Waals surface area contributed by atoms with Crippen molar-refractivity contribution >= 4 is 34.6 Å². The molecule has 0 aliphatic carbocycles. The van der Waals surface area contributed by atoms with Crippen LogP contribution in [0.4, 0.5) is 0 Å². The average molecular weight is 310 g/mol. The third kappa shape index (κ3) is 3.64. The molecule has 1 amide bonds. The fourth-order valence-corrected chi connectivity index (χ4v) is 3.28. The average Bonchev–Trinajstić information content (AvgIpc) is 3.05. The predicted octanol–water partition coefficient (Wildman–Crippen LogP) is 2.39. The molecule has 0 fully saturated rings. The van der Waals surface area contributed by atoms with Crippen molar-refractivity contribution in [3.05, 3.63) is 28.6 Å². The molecule has 0 saturated heterocycles. The molecule has 2 N–H and O–H groups in total. The molecule has 2 aromatic rings. The first kappa shape index (κ1) is 14.7. The summed E-state index contributed by atoms with van der Waals surface area (Å²) in [6.45, 7) is 1.72. The smallest absolute Gasteiger partial charge is 0.326 e. The minimum Gasteiger partial charge on any atom is -0.480 e. The summed E-state index contributed by atoms with van der Waals surface area (Å²) in [5, 5.41) is 16.1. The number of carboxylic acids is 1. The zero-order valence-electron chi connectivity index (χ0n) is 10.8. The molecule has 0 aromatic carbocycles. The minimum atomic E-state index is -1.02. The molecule has 20 heavy (non-hydrogen) atoms. The van der Waals surface area contributed by atoms with Gasteiger partial charge in [-0.1, -0.05) is 13.0 Å². The summed E-state index contributed by atoms with van der Waals surface area (Å²) in [4.78, 5) is 28.1. The van der Waals surface area contributed by atoms with E-state index < -0.39 is 12.0 Å². The van der Waals surface area contributed by atoms with Gasteiger partial charge in [0, 0.05) is 5.38 Å². The second-order valence-corrected chi connectivity index (χ2v) is 5.97. The van der Waals surface area contributed by atoms with Crippen molar-refractivity contribution in [1.29, 1.82) is 0 Å². The third-order valence-corrected chi connectivity index (χ3v) is 4.60. The zero-order valence-corrected chi connectivity index (χ0v) is 12.5. The number of aliphatic carboxylic acids is 1. The highest BCUT2D eigenvalue weighted by Crippen LogP contribution is 2.27. The Morgan fingerprint density at radius 3 is 2.85 bits per heavy atom. The molecule has 2 rings (SSSR count). The van der Waals surface area contributed by atoms with Crippen LogP contribution < -0.4 is 5.32 Å². The first-order valence-corrected chi connectivity index (χ1v) is 7.86. The molecule has 7 heteroatoms. The van der Waals surface area contributed by atoms with Gasteiger partial charge in [-0.05, 0) is 17.9 Å². The first-order chi connectivity index (χ1) is 9.60. The van der Waals surface area contributed by atoms with Crippen LogP contribution in [-0.4, -0.2) is 28.0 Å². The quantitative estimate of drug-likeness (QED) is 0.858. The molecule has 0 saturated carbocycles. The van der Waals surface area contributed by atoms with Gasteiger partial charge in [0.2, 0.25) is 5.91 Å². The lowest BCUT2D eigenvalue weighted by Gasteiger charge is -2.11. The number of thiazole rings is 1. The van der Waals surface area contributed by atoms with E-state index in [4.69, 9.17) is 5.11 Å². The predicted molar refractivity (Wildman–Crippen MR) is 79.0 cm³/mol. The number of hydrogen-bond donors (Lipinski definition) is 2. The van der Waals surface area contributed by atoms with E-state index in [-0.39, 0.29) is 12.3 Å². The first-order valence-electron chi connectivity index (χ1n) is 6.10. The van der Waals surface area contributed by atoms with E-state index in [9.17, 15) is 9.59 Å². The summed E-state index contributed by atoms with van der Waals surface area (Å²) in [6, 6.07) is 3.09. The molecule has 0 unspecified atom stereocenters. The summed E-state index contributed by atoms with van der Waals surface area (Å²) in [7, 11) is 0. The van der Waals surface area contributed by atoms with Crippen LogP contribution in [0.3, 0.4) is 0 Å². The van der Waals surface area contributed by atoms with E-state index in [1.165, 1.54) is 11.3 Å². The van der Waals surface area contributed by atoms with Crippen molar-refractivity contribution in [2.24, 2.45) is 0 Å². The molecule has 0 radical (unpaired) electrons. The Morgan fingerprint density at radius 2 is 2.25 bits per heavy atom. The zero-order chi connectivity index (χ0) is 14.5. The lowest BCUT2D eigenvalue weighted by molar-refractivity contribution is -0.141. The SMILES string of the molecule is CC[C@@H](NC(=O)Cc1csc(-c2cccs2)n1)C(=O)O. The minimum absolute atomic E-state index is 0.103. The van der Waals surface area contributed by atoms with Gasteiger partial charge in [-0.15, -0.1) is 22.7 Å². The number of carboxylic acid groups (broad SMARTS) is 1. The van der Waals surface area contributed by atoms with Gasteiger partial charge < -0.3 is 10.4 Å². The highest BCUT2D eigenvalue weighted by atomic mass is 32.1. The van der Waals surface area contributed by atoms with Crippen LogP contribution in [0.15, 0.2) is 22.9 Å². The number of thiophene rings is 1. The lowest BCUT2D eigenvalue weighted by atomic mass is 10.2. The number of carbonyl (C=O) groups is 2. The van der Waals surface area contributed by atoms with Crippen LogP contribution in [0.1, 0.15) is 19.0 Å². The number of aromatic nitrogens is 1. The Labute approximate surface area is 124 Å². The second-order valence-electron chi connectivity index (χ2n) is 4.16. The van der Waals surface area contributed by atoms with E-state index in [0.29, 0.717) is 12.1 Å². The molecule has 2 aromatic heterocycles. The van der Waals surface area contributed by atoms with Gasteiger partial charge in [0.15, 0.2) is 0 Å². The summed E-state index contributed by atoms with van der Waals surface area (Å²) in [5.74, 6) is -1.33. The van der Waals surface area contributed by atoms with Crippen LogP contribution in [-0.2, 0) is 16.0 Å². The molecular weight excluding hydrogens is 296 g/mol. The van der Waals surface area contributed by atoms with Crippen molar-refractivity contribution in [1.82, 2.24) is 10.3 Å². The van der Waals surface area contributed by atoms with E-state index in [1.807, 2.05) is 22.9 Å². The maximum Gasteiger partial charge on any atom is 0.326 e. The standard InChI is InChI=1S/C13H14N2O3S2/c1-2-9(13(17)18)15-11(16)6-8-7-20-12(14-8)10-4-3-5-19-10/h3-5,7,9H,2,6H2,1H3,(H,15,16)(H,17,18)/t9-/m1/s1. The molecule has 0 bridgehead atoms. The number of amides is 1. The highest BCUT2D eigenvalue weighted by molar-refractivity contribution is 7.20. The van der Waals surface area contributed by atoms with E-state index in [2.05, 4.69) is 10.3 Å². The van der Waals surface area contributed by atoms with Gasteiger partial charge in [-0.2, -0.15) is 0 Å². The van der Waals surface area contributed by atoms with Crippen molar-refractivity contribution < 1.29 is 14.7 Å². The van der Waals surface area contributed by atoms with Gasteiger partial charge in [0.05, 0.1) is 17.0 Å². The van der Waals surface area contributed by atoms with E-state index >= 15 is 0 Å². The molecule has 0 aliphatic rings. The van der Waals surface area contributed by atoms with Gasteiger partial charge in [0.1, 0.15) is 11.0 Å². The van der Waals surface area contributed by atoms with Gasteiger partial charge in [-0.25, -0.2) is 9.78 Å². The summed E-state index contributed by atoms with van der Waals surface area (Å²) < 4.78 is 0. The van der Waals surface area contributed by atoms with E-state index in [0.717, 1.165) is 9.88 Å². The van der Waals surface area contributed by atoms with Crippen LogP contribution in [0.5, 0.6) is 0 Å². The topological polar surface area (TPSA) is 79.3 Å². The largest absolute Gasteiger partial charge is 0.480 e. The lowest BCUT2D eigenvalue weighted by Crippen LogP contribution is -2.41. The highest BCUT2D eigenvalue weighted by Gasteiger charge is 2.18. The Balaban J connectivity index is 1.97. The van der Waals surface area contributed by atoms with Crippen LogP contribution in [0, 0.1) is 0 Å². The van der Waals surface area contributed by atoms with Gasteiger partial charge in [-0.3, -0.25) is 4.79 Å².